The van der Waals surface area contributed by atoms with Gasteiger partial charge >= 0.3 is 0 Å². The molecule has 1 unspecified atom stereocenters. The molecule has 13 heavy (non-hydrogen) atoms. The standard InChI is InChI=1S/C7H19N3O2S/c1-6(2)7(10(3)4)5-9-13(8,11)12/h6-7,9H,5H2,1-4H3,(H2,8,11,12). The minimum Gasteiger partial charge on any atom is -0.305 e. The van der Waals surface area contributed by atoms with E-state index >= 15 is 0 Å². The molecule has 0 rings (SSSR count). The largest absolute Gasteiger partial charge is 0.305 e. The third-order valence-electron chi connectivity index (χ3n) is 1.93. The van der Waals surface area contributed by atoms with Gasteiger partial charge in [-0.25, -0.2) is 9.86 Å². The molecular formula is C7H19N3O2S. The molecule has 0 aliphatic heterocycles. The van der Waals surface area contributed by atoms with E-state index in [-0.39, 0.29) is 6.04 Å². The fourth-order valence-electron chi connectivity index (χ4n) is 1.22. The van der Waals surface area contributed by atoms with E-state index in [1.54, 1.807) is 0 Å². The van der Waals surface area contributed by atoms with Gasteiger partial charge in [-0.1, -0.05) is 13.8 Å². The molecule has 0 spiro atoms. The van der Waals surface area contributed by atoms with Gasteiger partial charge in [0.1, 0.15) is 0 Å². The highest BCUT2D eigenvalue weighted by molar-refractivity contribution is 7.87. The minimum absolute atomic E-state index is 0.165. The zero-order chi connectivity index (χ0) is 10.6. The maximum Gasteiger partial charge on any atom is 0.274 e. The molecule has 0 aliphatic carbocycles. The maximum absolute atomic E-state index is 10.6. The summed E-state index contributed by atoms with van der Waals surface area (Å²) in [6, 6.07) is 0.165. The number of hydrogen-bond donors (Lipinski definition) is 2. The van der Waals surface area contributed by atoms with Gasteiger partial charge in [0.25, 0.3) is 10.2 Å². The van der Waals surface area contributed by atoms with Crippen LogP contribution < -0.4 is 9.86 Å². The zero-order valence-corrected chi connectivity index (χ0v) is 9.43. The highest BCUT2D eigenvalue weighted by Gasteiger charge is 2.16. The lowest BCUT2D eigenvalue weighted by molar-refractivity contribution is 0.233. The van der Waals surface area contributed by atoms with Gasteiger partial charge in [-0.05, 0) is 20.0 Å². The average molecular weight is 209 g/mol. The Morgan fingerprint density at radius 2 is 1.85 bits per heavy atom. The van der Waals surface area contributed by atoms with Crippen LogP contribution in [0.15, 0.2) is 0 Å². The van der Waals surface area contributed by atoms with Crippen LogP contribution in [0.4, 0.5) is 0 Å². The Morgan fingerprint density at radius 3 is 2.08 bits per heavy atom. The Balaban J connectivity index is 4.13. The molecule has 0 saturated heterocycles. The van der Waals surface area contributed by atoms with Crippen LogP contribution in [0.3, 0.4) is 0 Å². The lowest BCUT2D eigenvalue weighted by atomic mass is 10.0. The summed E-state index contributed by atoms with van der Waals surface area (Å²) in [6.07, 6.45) is 0. The van der Waals surface area contributed by atoms with Crippen molar-refractivity contribution in [3.05, 3.63) is 0 Å². The average Bonchev–Trinajstić information content (AvgIpc) is 1.82. The molecule has 5 nitrogen and oxygen atoms in total. The molecule has 6 heteroatoms. The van der Waals surface area contributed by atoms with E-state index in [9.17, 15) is 8.42 Å². The summed E-state index contributed by atoms with van der Waals surface area (Å²) >= 11 is 0. The Labute approximate surface area is 80.5 Å². The monoisotopic (exact) mass is 209 g/mol. The molecule has 0 heterocycles. The number of nitrogens with two attached hydrogens (primary N) is 1. The summed E-state index contributed by atoms with van der Waals surface area (Å²) < 4.78 is 23.6. The summed E-state index contributed by atoms with van der Waals surface area (Å²) in [5.74, 6) is 0.379. The van der Waals surface area contributed by atoms with Crippen molar-refractivity contribution in [1.29, 1.82) is 0 Å². The molecule has 0 amide bonds. The van der Waals surface area contributed by atoms with Crippen LogP contribution in [0, 0.1) is 5.92 Å². The van der Waals surface area contributed by atoms with Gasteiger partial charge in [-0.3, -0.25) is 0 Å². The van der Waals surface area contributed by atoms with E-state index in [1.807, 2.05) is 32.8 Å². The molecule has 0 aromatic rings. The summed E-state index contributed by atoms with van der Waals surface area (Å²) in [5.41, 5.74) is 0. The first-order valence-electron chi connectivity index (χ1n) is 4.18. The molecule has 0 aliphatic rings. The summed E-state index contributed by atoms with van der Waals surface area (Å²) in [6.45, 7) is 4.43. The van der Waals surface area contributed by atoms with Gasteiger partial charge < -0.3 is 4.90 Å². The van der Waals surface area contributed by atoms with E-state index in [2.05, 4.69) is 4.72 Å². The molecule has 3 N–H and O–H groups in total. The Hall–Kier alpha value is -0.170. The number of rotatable bonds is 5. The molecule has 1 atom stereocenters. The van der Waals surface area contributed by atoms with Crippen LogP contribution in [0.2, 0.25) is 0 Å². The van der Waals surface area contributed by atoms with Crippen LogP contribution in [0.5, 0.6) is 0 Å². The van der Waals surface area contributed by atoms with Gasteiger partial charge in [-0.15, -0.1) is 0 Å². The maximum atomic E-state index is 10.6. The molecule has 0 aromatic carbocycles. The highest BCUT2D eigenvalue weighted by Crippen LogP contribution is 2.05. The second kappa shape index (κ2) is 4.90. The smallest absolute Gasteiger partial charge is 0.274 e. The first kappa shape index (κ1) is 12.8. The lowest BCUT2D eigenvalue weighted by Crippen LogP contribution is -2.45. The minimum atomic E-state index is -3.56. The van der Waals surface area contributed by atoms with E-state index in [0.717, 1.165) is 0 Å². The van der Waals surface area contributed by atoms with Crippen molar-refractivity contribution in [2.24, 2.45) is 11.1 Å². The number of hydrogen-bond acceptors (Lipinski definition) is 3. The van der Waals surface area contributed by atoms with Crippen molar-refractivity contribution in [1.82, 2.24) is 9.62 Å². The number of nitrogens with one attached hydrogen (secondary N) is 1. The lowest BCUT2D eigenvalue weighted by Gasteiger charge is -2.27. The fraction of sp³-hybridized carbons (Fsp3) is 1.00. The summed E-state index contributed by atoms with van der Waals surface area (Å²) in [5, 5.41) is 4.83. The summed E-state index contributed by atoms with van der Waals surface area (Å²) in [4.78, 5) is 1.98. The zero-order valence-electron chi connectivity index (χ0n) is 8.61. The topological polar surface area (TPSA) is 75.4 Å². The molecular weight excluding hydrogens is 190 g/mol. The Kier molecular flexibility index (Phi) is 4.83. The predicted octanol–water partition coefficient (Wildman–Crippen LogP) is -0.634. The van der Waals surface area contributed by atoms with Gasteiger partial charge in [0.15, 0.2) is 0 Å². The number of nitrogens with zero attached hydrogens (tertiary/aromatic N) is 1. The molecule has 0 fully saturated rings. The van der Waals surface area contributed by atoms with Gasteiger partial charge in [-0.2, -0.15) is 8.42 Å². The second-order valence-corrected chi connectivity index (χ2v) is 5.05. The molecule has 0 aromatic heterocycles. The van der Waals surface area contributed by atoms with Crippen molar-refractivity contribution >= 4 is 10.2 Å². The normalized spacial score (nSPS) is 15.3. The Bertz CT molecular complexity index is 228. The molecule has 0 radical (unpaired) electrons. The molecule has 0 saturated carbocycles. The van der Waals surface area contributed by atoms with E-state index in [4.69, 9.17) is 5.14 Å². The molecule has 80 valence electrons. The van der Waals surface area contributed by atoms with Crippen molar-refractivity contribution in [2.45, 2.75) is 19.9 Å². The van der Waals surface area contributed by atoms with E-state index in [0.29, 0.717) is 12.5 Å². The van der Waals surface area contributed by atoms with Crippen molar-refractivity contribution in [2.75, 3.05) is 20.6 Å². The van der Waals surface area contributed by atoms with Crippen molar-refractivity contribution in [3.63, 3.8) is 0 Å². The number of likely N-dealkylation sites (N-methyl/N-ethyl adjacent to an activating group) is 1. The summed E-state index contributed by atoms with van der Waals surface area (Å²) in [7, 11) is 0.261. The van der Waals surface area contributed by atoms with Crippen molar-refractivity contribution in [3.8, 4) is 0 Å². The van der Waals surface area contributed by atoms with Crippen LogP contribution in [0.1, 0.15) is 13.8 Å². The van der Waals surface area contributed by atoms with Gasteiger partial charge in [0.2, 0.25) is 0 Å². The van der Waals surface area contributed by atoms with Crippen LogP contribution in [0.25, 0.3) is 0 Å². The van der Waals surface area contributed by atoms with Gasteiger partial charge in [0.05, 0.1) is 0 Å². The van der Waals surface area contributed by atoms with Crippen LogP contribution in [-0.4, -0.2) is 40.0 Å². The van der Waals surface area contributed by atoms with Gasteiger partial charge in [0, 0.05) is 12.6 Å². The van der Waals surface area contributed by atoms with Crippen LogP contribution >= 0.6 is 0 Å². The highest BCUT2D eigenvalue weighted by atomic mass is 32.2. The predicted molar refractivity (Wildman–Crippen MR) is 53.4 cm³/mol. The molecule has 0 bridgehead atoms. The van der Waals surface area contributed by atoms with E-state index in [1.165, 1.54) is 0 Å². The first-order valence-corrected chi connectivity index (χ1v) is 5.72. The first-order chi connectivity index (χ1) is 5.74. The third kappa shape index (κ3) is 5.98. The quantitative estimate of drug-likeness (QED) is 0.633. The van der Waals surface area contributed by atoms with Crippen molar-refractivity contribution < 1.29 is 8.42 Å². The second-order valence-electron chi connectivity index (χ2n) is 3.67. The van der Waals surface area contributed by atoms with E-state index < -0.39 is 10.2 Å². The Morgan fingerprint density at radius 1 is 1.38 bits per heavy atom. The van der Waals surface area contributed by atoms with Crippen LogP contribution in [-0.2, 0) is 10.2 Å². The third-order valence-corrected chi connectivity index (χ3v) is 2.50. The SMILES string of the molecule is CC(C)C(CNS(N)(=O)=O)N(C)C. The fourth-order valence-corrected chi connectivity index (χ4v) is 1.62.